The fourth-order valence-corrected chi connectivity index (χ4v) is 1.26. The summed E-state index contributed by atoms with van der Waals surface area (Å²) in [5.41, 5.74) is 0.938. The Labute approximate surface area is 75.8 Å². The monoisotopic (exact) mass is 189 g/mol. The van der Waals surface area contributed by atoms with Gasteiger partial charge in [0.05, 0.1) is 0 Å². The van der Waals surface area contributed by atoms with Crippen LogP contribution in [0.4, 0.5) is 0 Å². The Bertz CT molecular complexity index is 670. The Morgan fingerprint density at radius 1 is 1.07 bits per heavy atom. The van der Waals surface area contributed by atoms with E-state index in [2.05, 4.69) is 29.9 Å². The largest absolute Gasteiger partial charge is 0.303 e. The van der Waals surface area contributed by atoms with E-state index in [1.807, 2.05) is 0 Å². The number of H-pyrrole nitrogens is 1. The third kappa shape index (κ3) is 0.777. The fourth-order valence-electron chi connectivity index (χ4n) is 1.26. The molecule has 3 heterocycles. The molecule has 0 aliphatic heterocycles. The van der Waals surface area contributed by atoms with E-state index in [1.54, 1.807) is 0 Å². The molecule has 68 valence electrons. The molecule has 0 saturated carbocycles. The molecule has 7 heteroatoms. The van der Waals surface area contributed by atoms with Gasteiger partial charge in [0.1, 0.15) is 5.52 Å². The maximum absolute atomic E-state index is 11.4. The number of aromatic amines is 1. The van der Waals surface area contributed by atoms with Gasteiger partial charge >= 0.3 is 0 Å². The normalized spacial score (nSPS) is 11.1. The molecule has 0 radical (unpaired) electrons. The summed E-state index contributed by atoms with van der Waals surface area (Å²) >= 11 is 0. The smallest absolute Gasteiger partial charge is 0.281 e. The van der Waals surface area contributed by atoms with Crippen molar-refractivity contribution in [3.8, 4) is 0 Å². The van der Waals surface area contributed by atoms with Crippen molar-refractivity contribution in [3.05, 3.63) is 22.7 Å². The van der Waals surface area contributed by atoms with Crippen LogP contribution in [0.25, 0.3) is 22.2 Å². The molecule has 0 spiro atoms. The molecule has 0 aliphatic rings. The molecule has 0 unspecified atom stereocenters. The summed E-state index contributed by atoms with van der Waals surface area (Å²) in [7, 11) is 0. The van der Waals surface area contributed by atoms with E-state index in [4.69, 9.17) is 0 Å². The molecule has 0 atom stereocenters. The molecule has 1 N–H and O–H groups in total. The van der Waals surface area contributed by atoms with Crippen molar-refractivity contribution in [2.24, 2.45) is 0 Å². The highest BCUT2D eigenvalue weighted by Crippen LogP contribution is 2.12. The summed E-state index contributed by atoms with van der Waals surface area (Å²) in [5.74, 6) is 0. The van der Waals surface area contributed by atoms with Crippen molar-refractivity contribution in [2.45, 2.75) is 0 Å². The van der Waals surface area contributed by atoms with Gasteiger partial charge in [-0.15, -0.1) is 0 Å². The Morgan fingerprint density at radius 2 is 1.86 bits per heavy atom. The van der Waals surface area contributed by atoms with Crippen LogP contribution < -0.4 is 5.56 Å². The zero-order chi connectivity index (χ0) is 9.54. The van der Waals surface area contributed by atoms with E-state index in [9.17, 15) is 4.79 Å². The number of nitrogens with zero attached hydrogens (tertiary/aromatic N) is 4. The van der Waals surface area contributed by atoms with Crippen molar-refractivity contribution in [1.82, 2.24) is 25.3 Å². The highest BCUT2D eigenvalue weighted by atomic mass is 16.6. The van der Waals surface area contributed by atoms with E-state index in [1.165, 1.54) is 12.4 Å². The number of rotatable bonds is 0. The highest BCUT2D eigenvalue weighted by molar-refractivity contribution is 5.96. The summed E-state index contributed by atoms with van der Waals surface area (Å²) in [6.45, 7) is 0. The Kier molecular flexibility index (Phi) is 1.19. The summed E-state index contributed by atoms with van der Waals surface area (Å²) in [5, 5.41) is 7.07. The molecule has 0 amide bonds. The van der Waals surface area contributed by atoms with Gasteiger partial charge in [-0.2, -0.15) is 0 Å². The average Bonchev–Trinajstić information content (AvgIpc) is 2.67. The van der Waals surface area contributed by atoms with Gasteiger partial charge in [-0.25, -0.2) is 14.6 Å². The van der Waals surface area contributed by atoms with Crippen LogP contribution >= 0.6 is 0 Å². The van der Waals surface area contributed by atoms with Crippen molar-refractivity contribution >= 4 is 22.2 Å². The van der Waals surface area contributed by atoms with Crippen LogP contribution in [-0.4, -0.2) is 25.3 Å². The second-order valence-corrected chi connectivity index (χ2v) is 2.67. The van der Waals surface area contributed by atoms with Crippen LogP contribution in [-0.2, 0) is 0 Å². The van der Waals surface area contributed by atoms with Crippen LogP contribution in [0.15, 0.2) is 21.8 Å². The SMILES string of the molecule is O=c1[nH]c2nccnc2c2nonc12. The molecule has 0 aromatic carbocycles. The molecule has 0 fully saturated rings. The molecule has 0 aliphatic carbocycles. The van der Waals surface area contributed by atoms with Crippen molar-refractivity contribution in [1.29, 1.82) is 0 Å². The molecule has 3 rings (SSSR count). The molecule has 7 nitrogen and oxygen atoms in total. The molecular formula is C7H3N5O2. The lowest BCUT2D eigenvalue weighted by Gasteiger charge is -1.92. The van der Waals surface area contributed by atoms with E-state index >= 15 is 0 Å². The first-order chi connectivity index (χ1) is 6.86. The van der Waals surface area contributed by atoms with Gasteiger partial charge in [-0.1, -0.05) is 0 Å². The van der Waals surface area contributed by atoms with E-state index in [-0.39, 0.29) is 11.1 Å². The van der Waals surface area contributed by atoms with Gasteiger partial charge in [0, 0.05) is 12.4 Å². The van der Waals surface area contributed by atoms with Crippen LogP contribution in [0.5, 0.6) is 0 Å². The average molecular weight is 189 g/mol. The Morgan fingerprint density at radius 3 is 2.79 bits per heavy atom. The lowest BCUT2D eigenvalue weighted by Crippen LogP contribution is -2.07. The highest BCUT2D eigenvalue weighted by Gasteiger charge is 2.11. The number of pyridine rings is 1. The first-order valence-electron chi connectivity index (χ1n) is 3.81. The molecule has 14 heavy (non-hydrogen) atoms. The van der Waals surface area contributed by atoms with E-state index in [0.29, 0.717) is 16.7 Å². The zero-order valence-electron chi connectivity index (χ0n) is 6.76. The lowest BCUT2D eigenvalue weighted by molar-refractivity contribution is 0.315. The number of nitrogens with one attached hydrogen (secondary N) is 1. The Hall–Kier alpha value is -2.31. The Balaban J connectivity index is 2.73. The van der Waals surface area contributed by atoms with Gasteiger partial charge in [-0.3, -0.25) is 4.79 Å². The first-order valence-corrected chi connectivity index (χ1v) is 3.81. The number of hydrogen-bond acceptors (Lipinski definition) is 6. The predicted molar refractivity (Wildman–Crippen MR) is 45.5 cm³/mol. The predicted octanol–water partition coefficient (Wildman–Crippen LogP) is -0.146. The summed E-state index contributed by atoms with van der Waals surface area (Å²) in [4.78, 5) is 21.9. The molecular weight excluding hydrogens is 186 g/mol. The number of aromatic nitrogens is 5. The third-order valence-electron chi connectivity index (χ3n) is 1.86. The lowest BCUT2D eigenvalue weighted by atomic mass is 10.3. The van der Waals surface area contributed by atoms with E-state index < -0.39 is 0 Å². The second kappa shape index (κ2) is 2.34. The van der Waals surface area contributed by atoms with Crippen molar-refractivity contribution in [3.63, 3.8) is 0 Å². The minimum atomic E-state index is -0.380. The van der Waals surface area contributed by atoms with Gasteiger partial charge in [0.15, 0.2) is 11.2 Å². The fraction of sp³-hybridized carbons (Fsp3) is 0. The zero-order valence-corrected chi connectivity index (χ0v) is 6.76. The summed E-state index contributed by atoms with van der Waals surface area (Å²) in [6, 6.07) is 0. The molecule has 0 saturated heterocycles. The first kappa shape index (κ1) is 7.13. The van der Waals surface area contributed by atoms with Gasteiger partial charge in [-0.05, 0) is 10.3 Å². The van der Waals surface area contributed by atoms with Gasteiger partial charge in [0.25, 0.3) is 5.56 Å². The molecule has 3 aromatic heterocycles. The van der Waals surface area contributed by atoms with E-state index in [0.717, 1.165) is 0 Å². The third-order valence-corrected chi connectivity index (χ3v) is 1.86. The van der Waals surface area contributed by atoms with Crippen LogP contribution in [0.1, 0.15) is 0 Å². The number of hydrogen-bond donors (Lipinski definition) is 1. The summed E-state index contributed by atoms with van der Waals surface area (Å²) in [6.07, 6.45) is 2.99. The van der Waals surface area contributed by atoms with Crippen LogP contribution in [0, 0.1) is 0 Å². The topological polar surface area (TPSA) is 97.6 Å². The standard InChI is InChI=1S/C7H3N5O2/c13-7-5-3(11-14-12-5)4-6(10-7)9-2-1-8-4/h1-2H,(H,9,10,13). The quantitative estimate of drug-likeness (QED) is 0.528. The number of fused-ring (bicyclic) bond motifs is 3. The molecule has 3 aromatic rings. The minimum Gasteiger partial charge on any atom is -0.303 e. The maximum atomic E-state index is 11.4. The minimum absolute atomic E-state index is 0.137. The molecule has 0 bridgehead atoms. The van der Waals surface area contributed by atoms with Crippen molar-refractivity contribution in [2.75, 3.05) is 0 Å². The van der Waals surface area contributed by atoms with Gasteiger partial charge in [0.2, 0.25) is 5.52 Å². The van der Waals surface area contributed by atoms with Crippen LogP contribution in [0.3, 0.4) is 0 Å². The van der Waals surface area contributed by atoms with Crippen LogP contribution in [0.2, 0.25) is 0 Å². The summed E-state index contributed by atoms with van der Waals surface area (Å²) < 4.78 is 4.47. The van der Waals surface area contributed by atoms with Crippen molar-refractivity contribution < 1.29 is 4.63 Å². The maximum Gasteiger partial charge on any atom is 0.281 e. The van der Waals surface area contributed by atoms with Gasteiger partial charge < -0.3 is 4.98 Å². The second-order valence-electron chi connectivity index (χ2n) is 2.67.